The van der Waals surface area contributed by atoms with E-state index in [2.05, 4.69) is 31.7 Å². The lowest BCUT2D eigenvalue weighted by Gasteiger charge is -2.53. The molecule has 3 saturated heterocycles. The number of carbonyl (C=O) groups is 5. The molecule has 3 N–H and O–H groups in total. The van der Waals surface area contributed by atoms with E-state index < -0.39 is 29.9 Å². The van der Waals surface area contributed by atoms with Gasteiger partial charge < -0.3 is 25.0 Å². The lowest BCUT2D eigenvalue weighted by atomic mass is 9.57. The molecule has 3 aromatic rings. The van der Waals surface area contributed by atoms with Gasteiger partial charge in [-0.05, 0) is 132 Å². The van der Waals surface area contributed by atoms with Gasteiger partial charge in [0.05, 0.1) is 35.5 Å². The molecule has 2 aromatic carbocycles. The molecule has 2 aliphatic carbocycles. The number of benzene rings is 2. The number of likely N-dealkylation sites (tertiary alicyclic amines) is 1. The third-order valence-corrected chi connectivity index (χ3v) is 14.0. The van der Waals surface area contributed by atoms with Crippen molar-refractivity contribution in [2.75, 3.05) is 50.5 Å². The minimum atomic E-state index is -0.967. The van der Waals surface area contributed by atoms with Crippen molar-refractivity contribution in [1.82, 2.24) is 24.9 Å². The maximum Gasteiger partial charge on any atom is 0.264 e. The van der Waals surface area contributed by atoms with E-state index in [-0.39, 0.29) is 24.7 Å². The van der Waals surface area contributed by atoms with Crippen LogP contribution in [-0.2, 0) is 19.1 Å². The highest BCUT2D eigenvalue weighted by molar-refractivity contribution is 6.25. The lowest BCUT2D eigenvalue weighted by molar-refractivity contribution is -0.136. The van der Waals surface area contributed by atoms with Crippen LogP contribution in [0.2, 0.25) is 0 Å². The van der Waals surface area contributed by atoms with E-state index in [1.54, 1.807) is 19.2 Å². The van der Waals surface area contributed by atoms with Crippen molar-refractivity contribution >= 4 is 51.8 Å². The van der Waals surface area contributed by atoms with Crippen LogP contribution in [0.4, 0.5) is 11.4 Å². The van der Waals surface area contributed by atoms with Gasteiger partial charge in [0.25, 0.3) is 17.7 Å². The van der Waals surface area contributed by atoms with E-state index in [0.29, 0.717) is 64.7 Å². The van der Waals surface area contributed by atoms with Gasteiger partial charge in [-0.1, -0.05) is 6.07 Å². The Morgan fingerprint density at radius 1 is 0.966 bits per heavy atom. The first-order valence-corrected chi connectivity index (χ1v) is 21.5. The van der Waals surface area contributed by atoms with Gasteiger partial charge in [0.2, 0.25) is 11.8 Å². The van der Waals surface area contributed by atoms with E-state index in [9.17, 15) is 24.0 Å². The summed E-state index contributed by atoms with van der Waals surface area (Å²) < 4.78 is 13.5. The summed E-state index contributed by atoms with van der Waals surface area (Å²) in [5, 5.41) is 14.7. The van der Waals surface area contributed by atoms with E-state index in [0.717, 1.165) is 54.3 Å². The molecule has 2 saturated carbocycles. The van der Waals surface area contributed by atoms with Crippen molar-refractivity contribution in [2.45, 2.75) is 108 Å². The fourth-order valence-electron chi connectivity index (χ4n) is 10.7. The van der Waals surface area contributed by atoms with E-state index in [1.807, 2.05) is 18.2 Å². The van der Waals surface area contributed by atoms with Gasteiger partial charge in [-0.25, -0.2) is 0 Å². The Bertz CT molecular complexity index is 2090. The topological polar surface area (TPSA) is 164 Å². The van der Waals surface area contributed by atoms with Crippen LogP contribution in [0.15, 0.2) is 36.5 Å². The highest BCUT2D eigenvalue weighted by Crippen LogP contribution is 2.54. The number of ether oxygens (including phenoxy) is 2. The first-order valence-electron chi connectivity index (χ1n) is 21.5. The molecule has 1 aromatic heterocycles. The molecule has 5 amide bonds. The third kappa shape index (κ3) is 7.60. The molecule has 14 nitrogen and oxygen atoms in total. The number of imide groups is 2. The number of fused-ring (bicyclic) bond motifs is 2. The van der Waals surface area contributed by atoms with Gasteiger partial charge in [-0.2, -0.15) is 5.10 Å². The van der Waals surface area contributed by atoms with Gasteiger partial charge in [-0.3, -0.25) is 38.9 Å². The second-order valence-corrected chi connectivity index (χ2v) is 17.7. The average Bonchev–Trinajstić information content (AvgIpc) is 3.75. The number of nitrogens with zero attached hydrogens (tertiary/aromatic N) is 4. The summed E-state index contributed by atoms with van der Waals surface area (Å²) in [6.45, 7) is 4.84. The maximum atomic E-state index is 13.4. The Kier molecular flexibility index (Phi) is 10.7. The third-order valence-electron chi connectivity index (χ3n) is 14.0. The summed E-state index contributed by atoms with van der Waals surface area (Å²) >= 11 is 0. The number of hydrogen-bond acceptors (Lipinski definition) is 10. The van der Waals surface area contributed by atoms with Crippen molar-refractivity contribution in [1.29, 1.82) is 0 Å². The number of methoxy groups -OCH3 is 1. The lowest BCUT2D eigenvalue weighted by Crippen LogP contribution is -2.54. The monoisotopic (exact) mass is 793 g/mol. The quantitative estimate of drug-likeness (QED) is 0.206. The Hall–Kier alpha value is -4.82. The van der Waals surface area contributed by atoms with Crippen molar-refractivity contribution in [3.63, 3.8) is 0 Å². The normalized spacial score (nSPS) is 26.4. The molecule has 5 fully saturated rings. The molecule has 58 heavy (non-hydrogen) atoms. The number of nitrogens with one attached hydrogen (secondary N) is 3. The largest absolute Gasteiger partial charge is 0.494 e. The van der Waals surface area contributed by atoms with E-state index >= 15 is 0 Å². The van der Waals surface area contributed by atoms with Crippen LogP contribution in [0.5, 0.6) is 5.75 Å². The van der Waals surface area contributed by atoms with Crippen molar-refractivity contribution < 1.29 is 33.4 Å². The minimum absolute atomic E-state index is 0.101. The molecule has 5 heterocycles. The van der Waals surface area contributed by atoms with Crippen LogP contribution < -0.4 is 20.7 Å². The first-order chi connectivity index (χ1) is 28.2. The number of aromatic nitrogens is 2. The molecule has 0 radical (unpaired) electrons. The highest BCUT2D eigenvalue weighted by Gasteiger charge is 2.47. The Morgan fingerprint density at radius 3 is 2.52 bits per heavy atom. The van der Waals surface area contributed by atoms with Crippen LogP contribution in [0.25, 0.3) is 10.9 Å². The van der Waals surface area contributed by atoms with Crippen LogP contribution in [0.1, 0.15) is 117 Å². The second-order valence-electron chi connectivity index (χ2n) is 17.7. The fourth-order valence-corrected chi connectivity index (χ4v) is 10.7. The number of hydrogen-bond donors (Lipinski definition) is 3. The average molecular weight is 794 g/mol. The van der Waals surface area contributed by atoms with E-state index in [1.165, 1.54) is 58.2 Å². The van der Waals surface area contributed by atoms with Gasteiger partial charge >= 0.3 is 0 Å². The summed E-state index contributed by atoms with van der Waals surface area (Å²) in [7, 11) is 1.62. The van der Waals surface area contributed by atoms with Crippen molar-refractivity contribution in [3.8, 4) is 5.75 Å². The zero-order chi connectivity index (χ0) is 40.0. The number of carbonyl (C=O) groups excluding carboxylic acids is 5. The molecular formula is C44H55N7O7. The predicted molar refractivity (Wildman–Crippen MR) is 217 cm³/mol. The van der Waals surface area contributed by atoms with Gasteiger partial charge in [0.15, 0.2) is 0 Å². The molecule has 308 valence electrons. The number of anilines is 2. The molecule has 2 atom stereocenters. The fraction of sp³-hybridized carbons (Fsp3) is 0.591. The maximum absolute atomic E-state index is 13.4. The van der Waals surface area contributed by atoms with Crippen LogP contribution in [0, 0.1) is 17.3 Å². The molecule has 9 rings (SSSR count). The minimum Gasteiger partial charge on any atom is -0.494 e. The standard InChI is InChI=1S/C44H55N7O7/c1-57-37-22-33-29(21-34(37)46-41(54)36-7-2-3-20-58-36)26-50(48-33)30-10-8-27(9-11-30)25-49-18-15-44(16-19-49)23-28(24-44)14-17-45-32-6-4-5-31-39(32)43(56)51(42(31)55)35-12-13-38(52)47-40(35)53/h4-6,21-22,26-28,30,35-36,45H,2-3,7-20,23-25H2,1H3,(H,46,54)(H,47,52,53)/t27?,30?,35?,36-/m1/s1. The van der Waals surface area contributed by atoms with Gasteiger partial charge in [0.1, 0.15) is 17.9 Å². The summed E-state index contributed by atoms with van der Waals surface area (Å²) in [6.07, 6.45) is 15.3. The number of piperidine rings is 2. The predicted octanol–water partition coefficient (Wildman–Crippen LogP) is 5.68. The van der Waals surface area contributed by atoms with Crippen molar-refractivity contribution in [2.24, 2.45) is 17.3 Å². The number of amides is 5. The van der Waals surface area contributed by atoms with Crippen LogP contribution in [0.3, 0.4) is 0 Å². The van der Waals surface area contributed by atoms with Gasteiger partial charge in [-0.15, -0.1) is 0 Å². The molecule has 1 spiro atoms. The van der Waals surface area contributed by atoms with Gasteiger partial charge in [0, 0.05) is 49.5 Å². The zero-order valence-corrected chi connectivity index (χ0v) is 33.4. The summed E-state index contributed by atoms with van der Waals surface area (Å²) in [4.78, 5) is 67.4. The van der Waals surface area contributed by atoms with E-state index in [4.69, 9.17) is 14.6 Å². The second kappa shape index (κ2) is 16.1. The molecule has 1 unspecified atom stereocenters. The van der Waals surface area contributed by atoms with Crippen molar-refractivity contribution in [3.05, 3.63) is 47.7 Å². The molecule has 4 aliphatic heterocycles. The van der Waals surface area contributed by atoms with Crippen LogP contribution in [-0.4, -0.2) is 101 Å². The molecular weight excluding hydrogens is 739 g/mol. The summed E-state index contributed by atoms with van der Waals surface area (Å²) in [5.41, 5.74) is 3.23. The summed E-state index contributed by atoms with van der Waals surface area (Å²) in [5.74, 6) is -0.0986. The number of rotatable bonds is 11. The molecule has 0 bridgehead atoms. The Morgan fingerprint density at radius 2 is 1.78 bits per heavy atom. The Labute approximate surface area is 338 Å². The SMILES string of the molecule is COc1cc2nn(C3CCC(CN4CCC5(CC4)CC(CCNc4cccc6c4C(=O)N(C4CCC(=O)NC4=O)C6=O)C5)CC3)cc2cc1NC(=O)[C@H]1CCCCO1. The zero-order valence-electron chi connectivity index (χ0n) is 33.4. The molecule has 14 heteroatoms. The Balaban J connectivity index is 0.707. The smallest absolute Gasteiger partial charge is 0.264 e. The molecule has 6 aliphatic rings. The highest BCUT2D eigenvalue weighted by atomic mass is 16.5. The van der Waals surface area contributed by atoms with Crippen LogP contribution >= 0.6 is 0 Å². The summed E-state index contributed by atoms with van der Waals surface area (Å²) in [6, 6.07) is 8.52. The first kappa shape index (κ1) is 38.7.